The van der Waals surface area contributed by atoms with Crippen LogP contribution in [0.4, 0.5) is 0 Å². The molecule has 2 aromatic rings. The summed E-state index contributed by atoms with van der Waals surface area (Å²) in [6, 6.07) is 8.58. The van der Waals surface area contributed by atoms with E-state index in [4.69, 9.17) is 4.74 Å². The van der Waals surface area contributed by atoms with Crippen LogP contribution in [0.25, 0.3) is 11.4 Å². The van der Waals surface area contributed by atoms with E-state index < -0.39 is 0 Å². The van der Waals surface area contributed by atoms with Crippen molar-refractivity contribution in [3.63, 3.8) is 0 Å². The van der Waals surface area contributed by atoms with E-state index in [0.717, 1.165) is 36.6 Å². The number of hydrogen-bond acceptors (Lipinski definition) is 3. The number of hydrogen-bond donors (Lipinski definition) is 0. The van der Waals surface area contributed by atoms with Gasteiger partial charge in [-0.15, -0.1) is 0 Å². The highest BCUT2D eigenvalue weighted by Gasteiger charge is 2.03. The Kier molecular flexibility index (Phi) is 9.78. The molecule has 0 saturated heterocycles. The van der Waals surface area contributed by atoms with Gasteiger partial charge in [0.25, 0.3) is 0 Å². The summed E-state index contributed by atoms with van der Waals surface area (Å²) >= 11 is 0. The van der Waals surface area contributed by atoms with Gasteiger partial charge < -0.3 is 4.74 Å². The molecule has 142 valence electrons. The molecule has 3 nitrogen and oxygen atoms in total. The van der Waals surface area contributed by atoms with E-state index in [-0.39, 0.29) is 0 Å². The summed E-state index contributed by atoms with van der Waals surface area (Å²) in [5, 5.41) is 0. The summed E-state index contributed by atoms with van der Waals surface area (Å²) in [6.45, 7) is 5.23. The lowest BCUT2D eigenvalue weighted by Crippen LogP contribution is -1.99. The Morgan fingerprint density at radius 1 is 0.731 bits per heavy atom. The summed E-state index contributed by atoms with van der Waals surface area (Å²) in [7, 11) is 0. The minimum absolute atomic E-state index is 0.753. The second kappa shape index (κ2) is 12.5. The van der Waals surface area contributed by atoms with Crippen molar-refractivity contribution in [1.29, 1.82) is 0 Å². The van der Waals surface area contributed by atoms with Gasteiger partial charge in [0.1, 0.15) is 0 Å². The van der Waals surface area contributed by atoms with Crippen LogP contribution in [0.5, 0.6) is 5.75 Å². The average Bonchev–Trinajstić information content (AvgIpc) is 2.69. The van der Waals surface area contributed by atoms with Crippen LogP contribution in [0.3, 0.4) is 0 Å². The first-order valence-corrected chi connectivity index (χ1v) is 10.4. The highest BCUT2D eigenvalue weighted by molar-refractivity contribution is 5.55. The molecule has 0 N–H and O–H groups in total. The van der Waals surface area contributed by atoms with Crippen molar-refractivity contribution in [1.82, 2.24) is 9.97 Å². The molecule has 2 rings (SSSR count). The Labute approximate surface area is 159 Å². The van der Waals surface area contributed by atoms with E-state index in [1.807, 2.05) is 0 Å². The molecule has 0 aliphatic heterocycles. The van der Waals surface area contributed by atoms with Gasteiger partial charge in [-0.1, -0.05) is 83.1 Å². The molecule has 0 radical (unpaired) electrons. The van der Waals surface area contributed by atoms with Crippen molar-refractivity contribution in [3.8, 4) is 17.1 Å². The lowest BCUT2D eigenvalue weighted by Gasteiger charge is -2.07. The van der Waals surface area contributed by atoms with Crippen molar-refractivity contribution < 1.29 is 4.74 Å². The van der Waals surface area contributed by atoms with Crippen molar-refractivity contribution in [3.05, 3.63) is 42.2 Å². The second-order valence-corrected chi connectivity index (χ2v) is 7.01. The van der Waals surface area contributed by atoms with E-state index in [1.54, 1.807) is 12.4 Å². The van der Waals surface area contributed by atoms with Crippen molar-refractivity contribution in [2.24, 2.45) is 0 Å². The zero-order chi connectivity index (χ0) is 18.5. The molecular formula is C23H34N2O. The van der Waals surface area contributed by atoms with Gasteiger partial charge in [-0.2, -0.15) is 0 Å². The Balaban J connectivity index is 1.70. The number of aromatic nitrogens is 2. The Bertz CT molecular complexity index is 593. The number of rotatable bonds is 13. The standard InChI is InChI=1S/C23H34N2O/c1-3-5-7-8-9-10-11-17-26-22-18-24-23(25-19-22)21-15-13-20(14-16-21)12-6-4-2/h13-16,18-19H,3-12,17H2,1-2H3. The van der Waals surface area contributed by atoms with Gasteiger partial charge >= 0.3 is 0 Å². The van der Waals surface area contributed by atoms with Crippen LogP contribution in [0, 0.1) is 0 Å². The summed E-state index contributed by atoms with van der Waals surface area (Å²) < 4.78 is 5.76. The summed E-state index contributed by atoms with van der Waals surface area (Å²) in [5.41, 5.74) is 2.44. The number of aryl methyl sites for hydroxylation is 1. The maximum atomic E-state index is 5.76. The maximum Gasteiger partial charge on any atom is 0.159 e. The summed E-state index contributed by atoms with van der Waals surface area (Å²) in [5.74, 6) is 1.52. The van der Waals surface area contributed by atoms with Crippen LogP contribution < -0.4 is 4.74 Å². The predicted octanol–water partition coefficient (Wildman–Crippen LogP) is 6.62. The molecule has 0 aliphatic carbocycles. The minimum Gasteiger partial charge on any atom is -0.490 e. The molecule has 1 heterocycles. The third-order valence-electron chi connectivity index (χ3n) is 4.68. The van der Waals surface area contributed by atoms with Crippen LogP contribution in [0.1, 0.15) is 77.2 Å². The largest absolute Gasteiger partial charge is 0.490 e. The number of benzene rings is 1. The first-order valence-electron chi connectivity index (χ1n) is 10.4. The van der Waals surface area contributed by atoms with Gasteiger partial charge in [0.2, 0.25) is 0 Å². The Morgan fingerprint density at radius 3 is 2.00 bits per heavy atom. The molecule has 0 atom stereocenters. The molecule has 1 aromatic heterocycles. The molecular weight excluding hydrogens is 320 g/mol. The molecule has 3 heteroatoms. The molecule has 0 unspecified atom stereocenters. The monoisotopic (exact) mass is 354 g/mol. The fraction of sp³-hybridized carbons (Fsp3) is 0.565. The van der Waals surface area contributed by atoms with Gasteiger partial charge in [0, 0.05) is 5.56 Å². The van der Waals surface area contributed by atoms with E-state index in [2.05, 4.69) is 48.1 Å². The molecule has 26 heavy (non-hydrogen) atoms. The number of ether oxygens (including phenoxy) is 1. The molecule has 0 fully saturated rings. The second-order valence-electron chi connectivity index (χ2n) is 7.01. The lowest BCUT2D eigenvalue weighted by atomic mass is 10.1. The van der Waals surface area contributed by atoms with Crippen molar-refractivity contribution in [2.45, 2.75) is 78.1 Å². The lowest BCUT2D eigenvalue weighted by molar-refractivity contribution is 0.302. The topological polar surface area (TPSA) is 35.0 Å². The van der Waals surface area contributed by atoms with E-state index in [9.17, 15) is 0 Å². The molecule has 0 aliphatic rings. The Hall–Kier alpha value is -1.90. The first-order chi connectivity index (χ1) is 12.8. The highest BCUT2D eigenvalue weighted by atomic mass is 16.5. The minimum atomic E-state index is 0.753. The average molecular weight is 355 g/mol. The van der Waals surface area contributed by atoms with Gasteiger partial charge in [0.15, 0.2) is 11.6 Å². The predicted molar refractivity (Wildman–Crippen MR) is 110 cm³/mol. The summed E-state index contributed by atoms with van der Waals surface area (Å²) in [4.78, 5) is 8.91. The van der Waals surface area contributed by atoms with Crippen LogP contribution in [-0.2, 0) is 6.42 Å². The normalized spacial score (nSPS) is 10.8. The van der Waals surface area contributed by atoms with Crippen LogP contribution in [-0.4, -0.2) is 16.6 Å². The van der Waals surface area contributed by atoms with E-state index in [0.29, 0.717) is 0 Å². The highest BCUT2D eigenvalue weighted by Crippen LogP contribution is 2.18. The SMILES string of the molecule is CCCCCCCCCOc1cnc(-c2ccc(CCCC)cc2)nc1. The van der Waals surface area contributed by atoms with Gasteiger partial charge in [-0.05, 0) is 24.8 Å². The van der Waals surface area contributed by atoms with Crippen molar-refractivity contribution >= 4 is 0 Å². The first kappa shape index (κ1) is 20.4. The van der Waals surface area contributed by atoms with E-state index in [1.165, 1.54) is 56.9 Å². The van der Waals surface area contributed by atoms with Crippen LogP contribution in [0.2, 0.25) is 0 Å². The molecule has 0 saturated carbocycles. The third-order valence-corrected chi connectivity index (χ3v) is 4.68. The van der Waals surface area contributed by atoms with Crippen LogP contribution in [0.15, 0.2) is 36.7 Å². The van der Waals surface area contributed by atoms with Gasteiger partial charge in [0.05, 0.1) is 19.0 Å². The number of unbranched alkanes of at least 4 members (excludes halogenated alkanes) is 7. The number of nitrogens with zero attached hydrogens (tertiary/aromatic N) is 2. The molecule has 0 bridgehead atoms. The maximum absolute atomic E-state index is 5.76. The van der Waals surface area contributed by atoms with Gasteiger partial charge in [-0.3, -0.25) is 0 Å². The molecule has 0 amide bonds. The zero-order valence-electron chi connectivity index (χ0n) is 16.5. The third kappa shape index (κ3) is 7.55. The fourth-order valence-corrected chi connectivity index (χ4v) is 2.99. The zero-order valence-corrected chi connectivity index (χ0v) is 16.5. The molecule has 1 aromatic carbocycles. The quantitative estimate of drug-likeness (QED) is 0.379. The van der Waals surface area contributed by atoms with Crippen LogP contribution >= 0.6 is 0 Å². The smallest absolute Gasteiger partial charge is 0.159 e. The molecule has 0 spiro atoms. The Morgan fingerprint density at radius 2 is 1.35 bits per heavy atom. The van der Waals surface area contributed by atoms with Gasteiger partial charge in [-0.25, -0.2) is 9.97 Å². The summed E-state index contributed by atoms with van der Waals surface area (Å²) in [6.07, 6.45) is 16.2. The van der Waals surface area contributed by atoms with Crippen molar-refractivity contribution in [2.75, 3.05) is 6.61 Å². The fourth-order valence-electron chi connectivity index (χ4n) is 2.99. The van der Waals surface area contributed by atoms with E-state index >= 15 is 0 Å².